The minimum absolute atomic E-state index is 0.0181. The van der Waals surface area contributed by atoms with Crippen molar-refractivity contribution in [2.45, 2.75) is 69.1 Å². The van der Waals surface area contributed by atoms with Crippen molar-refractivity contribution in [3.05, 3.63) is 48.0 Å². The third kappa shape index (κ3) is 12.8. The topological polar surface area (TPSA) is 290 Å². The van der Waals surface area contributed by atoms with Gasteiger partial charge in [0.1, 0.15) is 23.9 Å². The van der Waals surface area contributed by atoms with Crippen molar-refractivity contribution < 1.29 is 29.4 Å². The fraction of sp³-hybridized carbons (Fsp3) is 0.481. The van der Waals surface area contributed by atoms with Crippen molar-refractivity contribution in [3.63, 3.8) is 0 Å². The third-order valence-corrected chi connectivity index (χ3v) is 6.48. The fourth-order valence-corrected chi connectivity index (χ4v) is 4.15. The van der Waals surface area contributed by atoms with Crippen LogP contribution < -0.4 is 38.9 Å². The van der Waals surface area contributed by atoms with Gasteiger partial charge in [0.2, 0.25) is 17.7 Å². The van der Waals surface area contributed by atoms with Crippen LogP contribution in [0, 0.1) is 0 Å². The summed E-state index contributed by atoms with van der Waals surface area (Å²) in [6, 6.07) is 1.41. The van der Waals surface area contributed by atoms with E-state index in [-0.39, 0.29) is 43.9 Å². The highest BCUT2D eigenvalue weighted by Crippen LogP contribution is 2.12. The maximum Gasteiger partial charge on any atom is 0.326 e. The molecule has 4 atom stereocenters. The maximum absolute atomic E-state index is 13.4. The lowest BCUT2D eigenvalue weighted by Crippen LogP contribution is -2.57. The van der Waals surface area contributed by atoms with E-state index < -0.39 is 47.9 Å². The molecule has 2 rings (SSSR count). The van der Waals surface area contributed by atoms with Crippen LogP contribution in [0.2, 0.25) is 0 Å². The predicted molar refractivity (Wildman–Crippen MR) is 158 cm³/mol. The lowest BCUT2D eigenvalue weighted by Gasteiger charge is -2.25. The highest BCUT2D eigenvalue weighted by molar-refractivity contribution is 5.94. The van der Waals surface area contributed by atoms with Gasteiger partial charge in [0.25, 0.3) is 0 Å². The molecule has 0 fully saturated rings. The number of carbonyl (C=O) groups excluding carboxylic acids is 3. The highest BCUT2D eigenvalue weighted by Gasteiger charge is 2.30. The Bertz CT molecular complexity index is 1200. The zero-order valence-corrected chi connectivity index (χ0v) is 23.9. The van der Waals surface area contributed by atoms with Crippen LogP contribution in [0.1, 0.15) is 43.4 Å². The van der Waals surface area contributed by atoms with Crippen molar-refractivity contribution in [1.29, 1.82) is 0 Å². The summed E-state index contributed by atoms with van der Waals surface area (Å²) in [6.07, 6.45) is 4.74. The third-order valence-electron chi connectivity index (χ3n) is 6.48. The first kappa shape index (κ1) is 34.5. The number of imidazole rings is 1. The lowest BCUT2D eigenvalue weighted by molar-refractivity contribution is -0.142. The van der Waals surface area contributed by atoms with Crippen molar-refractivity contribution in [1.82, 2.24) is 25.9 Å². The number of guanidine groups is 1. The number of carboxylic acids is 1. The highest BCUT2D eigenvalue weighted by atomic mass is 16.4. The summed E-state index contributed by atoms with van der Waals surface area (Å²) in [5.41, 5.74) is 23.6. The monoisotopic (exact) mass is 602 g/mol. The molecule has 2 aromatic rings. The molecule has 16 heteroatoms. The number of aliphatic imine (C=N–C) groups is 1. The first-order valence-corrected chi connectivity index (χ1v) is 13.9. The number of amides is 3. The number of carbonyl (C=O) groups is 4. The number of aliphatic carboxylic acids is 1. The van der Waals surface area contributed by atoms with E-state index in [2.05, 4.69) is 30.9 Å². The van der Waals surface area contributed by atoms with Crippen LogP contribution in [0.25, 0.3) is 0 Å². The minimum atomic E-state index is -1.30. The number of carboxylic acid groups (broad SMARTS) is 1. The quantitative estimate of drug-likeness (QED) is 0.0474. The molecular weight excluding hydrogens is 560 g/mol. The number of H-pyrrole nitrogens is 1. The van der Waals surface area contributed by atoms with Crippen LogP contribution in [0.15, 0.2) is 41.8 Å². The average Bonchev–Trinajstić information content (AvgIpc) is 3.47. The molecule has 4 unspecified atom stereocenters. The number of aromatic amines is 1. The van der Waals surface area contributed by atoms with Crippen LogP contribution in [-0.2, 0) is 32.0 Å². The Morgan fingerprint density at radius 2 is 1.49 bits per heavy atom. The number of aromatic nitrogens is 2. The molecule has 0 aliphatic carbocycles. The molecule has 236 valence electrons. The van der Waals surface area contributed by atoms with Crippen LogP contribution in [0.3, 0.4) is 0 Å². The maximum atomic E-state index is 13.4. The number of nitrogens with one attached hydrogen (secondary N) is 4. The largest absolute Gasteiger partial charge is 0.508 e. The number of nitrogens with two attached hydrogens (primary N) is 4. The van der Waals surface area contributed by atoms with Gasteiger partial charge in [0, 0.05) is 31.3 Å². The summed E-state index contributed by atoms with van der Waals surface area (Å²) in [5.74, 6) is -3.35. The molecule has 1 aromatic carbocycles. The number of nitrogens with zero attached hydrogens (tertiary/aromatic N) is 2. The molecule has 0 aliphatic rings. The van der Waals surface area contributed by atoms with Crippen LogP contribution in [0.4, 0.5) is 0 Å². The van der Waals surface area contributed by atoms with Gasteiger partial charge in [-0.3, -0.25) is 19.4 Å². The van der Waals surface area contributed by atoms with Crippen LogP contribution in [-0.4, -0.2) is 87.1 Å². The minimum Gasteiger partial charge on any atom is -0.508 e. The first-order valence-electron chi connectivity index (χ1n) is 13.9. The smallest absolute Gasteiger partial charge is 0.326 e. The summed E-state index contributed by atoms with van der Waals surface area (Å²) < 4.78 is 0. The van der Waals surface area contributed by atoms with E-state index in [4.69, 9.17) is 22.9 Å². The van der Waals surface area contributed by atoms with E-state index >= 15 is 0 Å². The van der Waals surface area contributed by atoms with Crippen molar-refractivity contribution >= 4 is 29.7 Å². The second kappa shape index (κ2) is 18.0. The molecule has 0 spiro atoms. The molecule has 16 nitrogen and oxygen atoms in total. The molecule has 1 aromatic heterocycles. The Labute approximate surface area is 249 Å². The van der Waals surface area contributed by atoms with Crippen molar-refractivity contribution in [2.75, 3.05) is 13.1 Å². The molecule has 0 radical (unpaired) electrons. The predicted octanol–water partition coefficient (Wildman–Crippen LogP) is -2.05. The SMILES string of the molecule is NCCCCC(NC(=O)C(CCCN=C(N)N)NC(=O)C(N)Cc1cnc[nH]1)C(=O)NC(Cc1ccc(O)cc1)C(=O)O. The summed E-state index contributed by atoms with van der Waals surface area (Å²) in [4.78, 5) is 62.2. The van der Waals surface area contributed by atoms with Gasteiger partial charge in [-0.05, 0) is 56.3 Å². The average molecular weight is 603 g/mol. The Morgan fingerprint density at radius 3 is 2.05 bits per heavy atom. The molecule has 0 saturated carbocycles. The van der Waals surface area contributed by atoms with Crippen molar-refractivity contribution in [3.8, 4) is 5.75 Å². The zero-order valence-electron chi connectivity index (χ0n) is 23.9. The summed E-state index contributed by atoms with van der Waals surface area (Å²) in [7, 11) is 0. The number of phenols is 1. The number of unbranched alkanes of at least 4 members (excludes halogenated alkanes) is 1. The van der Waals surface area contributed by atoms with E-state index in [0.717, 1.165) is 0 Å². The molecule has 0 aliphatic heterocycles. The number of rotatable bonds is 19. The molecule has 14 N–H and O–H groups in total. The molecule has 0 bridgehead atoms. The fourth-order valence-electron chi connectivity index (χ4n) is 4.15. The lowest BCUT2D eigenvalue weighted by atomic mass is 10.0. The van der Waals surface area contributed by atoms with E-state index in [9.17, 15) is 29.4 Å². The van der Waals surface area contributed by atoms with Gasteiger partial charge in [-0.25, -0.2) is 9.78 Å². The molecule has 1 heterocycles. The number of hydrogen-bond donors (Lipinski definition) is 10. The summed E-state index contributed by atoms with van der Waals surface area (Å²) in [6.45, 7) is 0.554. The second-order valence-electron chi connectivity index (χ2n) is 10.0. The van der Waals surface area contributed by atoms with E-state index in [1.165, 1.54) is 24.7 Å². The number of hydrogen-bond acceptors (Lipinski definition) is 9. The van der Waals surface area contributed by atoms with Crippen molar-refractivity contribution in [2.24, 2.45) is 27.9 Å². The Hall–Kier alpha value is -4.70. The number of aromatic hydroxyl groups is 1. The standard InChI is InChI=1S/C27H42N10O6/c28-10-2-1-4-20(25(41)37-22(26(42)43)12-16-6-8-18(38)9-7-16)36-24(40)21(5-3-11-33-27(30)31)35-23(39)19(29)13-17-14-32-15-34-17/h6-9,14-15,19-22,38H,1-5,10-13,28-29H2,(H,32,34)(H,35,39)(H,36,40)(H,37,41)(H,42,43)(H4,30,31,33). The van der Waals surface area contributed by atoms with Gasteiger partial charge in [-0.1, -0.05) is 12.1 Å². The summed E-state index contributed by atoms with van der Waals surface area (Å²) >= 11 is 0. The first-order chi connectivity index (χ1) is 20.5. The summed E-state index contributed by atoms with van der Waals surface area (Å²) in [5, 5.41) is 27.0. The van der Waals surface area contributed by atoms with Crippen LogP contribution in [0.5, 0.6) is 5.75 Å². The van der Waals surface area contributed by atoms with Gasteiger partial charge in [0.15, 0.2) is 5.96 Å². The zero-order chi connectivity index (χ0) is 31.8. The van der Waals surface area contributed by atoms with Gasteiger partial charge >= 0.3 is 5.97 Å². The molecule has 43 heavy (non-hydrogen) atoms. The molecule has 0 saturated heterocycles. The Morgan fingerprint density at radius 1 is 0.884 bits per heavy atom. The van der Waals surface area contributed by atoms with Gasteiger partial charge in [-0.2, -0.15) is 0 Å². The second-order valence-corrected chi connectivity index (χ2v) is 10.0. The van der Waals surface area contributed by atoms with Gasteiger partial charge < -0.3 is 54.1 Å². The van der Waals surface area contributed by atoms with E-state index in [0.29, 0.717) is 37.1 Å². The molecular formula is C27H42N10O6. The Balaban J connectivity index is 2.16. The number of benzene rings is 1. The molecule has 3 amide bonds. The van der Waals surface area contributed by atoms with Gasteiger partial charge in [0.05, 0.1) is 12.4 Å². The van der Waals surface area contributed by atoms with Crippen LogP contribution >= 0.6 is 0 Å². The van der Waals surface area contributed by atoms with Gasteiger partial charge in [-0.15, -0.1) is 0 Å². The van der Waals surface area contributed by atoms with E-state index in [1.807, 2.05) is 0 Å². The Kier molecular flexibility index (Phi) is 14.4. The van der Waals surface area contributed by atoms with E-state index in [1.54, 1.807) is 12.1 Å². The number of phenolic OH excluding ortho intramolecular Hbond substituents is 1. The normalized spacial score (nSPS) is 13.6.